The topological polar surface area (TPSA) is 78.0 Å². The minimum atomic E-state index is -0.265. The minimum absolute atomic E-state index is 0.169. The van der Waals surface area contributed by atoms with E-state index in [-0.39, 0.29) is 12.2 Å². The molecule has 0 aliphatic carbocycles. The van der Waals surface area contributed by atoms with Gasteiger partial charge in [-0.2, -0.15) is 0 Å². The molecule has 19 heavy (non-hydrogen) atoms. The van der Waals surface area contributed by atoms with Crippen molar-refractivity contribution in [3.63, 3.8) is 0 Å². The Bertz CT molecular complexity index is 788. The van der Waals surface area contributed by atoms with Crippen LogP contribution in [0.15, 0.2) is 29.5 Å². The van der Waals surface area contributed by atoms with Crippen LogP contribution in [0.4, 0.5) is 0 Å². The zero-order valence-electron chi connectivity index (χ0n) is 9.99. The van der Waals surface area contributed by atoms with E-state index in [1.54, 1.807) is 12.3 Å². The average molecular weight is 277 g/mol. The monoisotopic (exact) mass is 276 g/mol. The smallest absolute Gasteiger partial charge is 0.259 e. The predicted molar refractivity (Wildman–Crippen MR) is 68.1 cm³/mol. The molecular formula is C11H9ClN6O. The van der Waals surface area contributed by atoms with Gasteiger partial charge in [0.1, 0.15) is 11.7 Å². The minimum Gasteiger partial charge on any atom is -0.259 e. The lowest BCUT2D eigenvalue weighted by atomic mass is 10.4. The maximum atomic E-state index is 12.0. The van der Waals surface area contributed by atoms with Crippen molar-refractivity contribution in [1.82, 2.24) is 29.1 Å². The number of hydrogen-bond acceptors (Lipinski definition) is 5. The number of nitrogens with zero attached hydrogens (tertiary/aromatic N) is 6. The van der Waals surface area contributed by atoms with Gasteiger partial charge in [-0.3, -0.25) is 4.98 Å². The van der Waals surface area contributed by atoms with Crippen molar-refractivity contribution in [3.05, 3.63) is 51.8 Å². The van der Waals surface area contributed by atoms with E-state index in [4.69, 9.17) is 11.6 Å². The largest absolute Gasteiger partial charge is 0.350 e. The van der Waals surface area contributed by atoms with Gasteiger partial charge in [-0.05, 0) is 13.0 Å². The summed E-state index contributed by atoms with van der Waals surface area (Å²) in [5, 5.41) is 4.50. The van der Waals surface area contributed by atoms with E-state index in [2.05, 4.69) is 20.1 Å². The van der Waals surface area contributed by atoms with Gasteiger partial charge >= 0.3 is 5.69 Å². The molecule has 7 nitrogen and oxygen atoms in total. The fourth-order valence-corrected chi connectivity index (χ4v) is 2.03. The maximum Gasteiger partial charge on any atom is 0.350 e. The summed E-state index contributed by atoms with van der Waals surface area (Å²) in [6, 6.07) is 1.65. The van der Waals surface area contributed by atoms with Gasteiger partial charge in [-0.15, -0.1) is 5.10 Å². The van der Waals surface area contributed by atoms with Gasteiger partial charge < -0.3 is 0 Å². The van der Waals surface area contributed by atoms with Gasteiger partial charge in [-0.1, -0.05) is 11.6 Å². The van der Waals surface area contributed by atoms with Crippen LogP contribution in [0, 0.1) is 6.92 Å². The lowest BCUT2D eigenvalue weighted by Gasteiger charge is -2.01. The molecule has 0 amide bonds. The molecule has 3 aromatic heterocycles. The summed E-state index contributed by atoms with van der Waals surface area (Å²) in [6.45, 7) is 1.98. The third-order valence-corrected chi connectivity index (χ3v) is 2.74. The Labute approximate surface area is 112 Å². The van der Waals surface area contributed by atoms with E-state index in [9.17, 15) is 4.79 Å². The molecule has 0 spiro atoms. The van der Waals surface area contributed by atoms with Crippen LogP contribution in [0.25, 0.3) is 5.65 Å². The van der Waals surface area contributed by atoms with Crippen LogP contribution >= 0.6 is 11.6 Å². The fourth-order valence-electron chi connectivity index (χ4n) is 1.78. The number of aromatic nitrogens is 6. The molecule has 3 aromatic rings. The molecule has 0 bridgehead atoms. The first-order chi connectivity index (χ1) is 9.13. The van der Waals surface area contributed by atoms with Crippen LogP contribution in [0.1, 0.15) is 11.5 Å². The van der Waals surface area contributed by atoms with Crippen molar-refractivity contribution in [3.8, 4) is 0 Å². The van der Waals surface area contributed by atoms with Gasteiger partial charge in [-0.25, -0.2) is 23.8 Å². The summed E-state index contributed by atoms with van der Waals surface area (Å²) in [5.41, 5.74) is 0.957. The number of halogens is 1. The molecule has 3 rings (SSSR count). The van der Waals surface area contributed by atoms with Crippen LogP contribution in [0.2, 0.25) is 5.15 Å². The molecule has 0 atom stereocenters. The Hall–Kier alpha value is -2.28. The van der Waals surface area contributed by atoms with E-state index in [1.807, 2.05) is 6.92 Å². The first kappa shape index (κ1) is 11.8. The normalized spacial score (nSPS) is 11.1. The first-order valence-electron chi connectivity index (χ1n) is 5.53. The Morgan fingerprint density at radius 3 is 2.95 bits per heavy atom. The molecule has 0 radical (unpaired) electrons. The van der Waals surface area contributed by atoms with Crippen LogP contribution in [0.5, 0.6) is 0 Å². The summed E-state index contributed by atoms with van der Waals surface area (Å²) < 4.78 is 2.69. The molecule has 96 valence electrons. The number of fused-ring (bicyclic) bond motifs is 1. The average Bonchev–Trinajstić information content (AvgIpc) is 2.66. The van der Waals surface area contributed by atoms with Crippen molar-refractivity contribution in [2.45, 2.75) is 13.5 Å². The molecule has 0 unspecified atom stereocenters. The van der Waals surface area contributed by atoms with Gasteiger partial charge in [0.2, 0.25) is 0 Å². The summed E-state index contributed by atoms with van der Waals surface area (Å²) in [4.78, 5) is 24.3. The van der Waals surface area contributed by atoms with Crippen LogP contribution < -0.4 is 5.69 Å². The zero-order valence-corrected chi connectivity index (χ0v) is 10.7. The SMILES string of the molecule is Cc1cc(Cl)nc(Cn2nc3cnccn3c2=O)n1. The van der Waals surface area contributed by atoms with Crippen molar-refractivity contribution in [2.24, 2.45) is 0 Å². The van der Waals surface area contributed by atoms with Gasteiger partial charge in [0.15, 0.2) is 11.5 Å². The highest BCUT2D eigenvalue weighted by Crippen LogP contribution is 2.07. The molecule has 0 N–H and O–H groups in total. The van der Waals surface area contributed by atoms with Crippen LogP contribution in [0.3, 0.4) is 0 Å². The summed E-state index contributed by atoms with van der Waals surface area (Å²) in [7, 11) is 0. The Kier molecular flexibility index (Phi) is 2.75. The third kappa shape index (κ3) is 2.19. The molecule has 0 saturated carbocycles. The Morgan fingerprint density at radius 2 is 2.21 bits per heavy atom. The second kappa shape index (κ2) is 4.43. The standard InChI is InChI=1S/C11H9ClN6O/c1-7-4-8(12)15-9(14-7)6-18-11(19)17-3-2-13-5-10(17)16-18/h2-5H,6H2,1H3. The summed E-state index contributed by atoms with van der Waals surface area (Å²) >= 11 is 5.86. The van der Waals surface area contributed by atoms with Crippen LogP contribution in [-0.2, 0) is 6.54 Å². The number of hydrogen-bond donors (Lipinski definition) is 0. The highest BCUT2D eigenvalue weighted by Gasteiger charge is 2.09. The molecule has 8 heteroatoms. The Morgan fingerprint density at radius 1 is 1.37 bits per heavy atom. The second-order valence-electron chi connectivity index (χ2n) is 3.99. The van der Waals surface area contributed by atoms with E-state index >= 15 is 0 Å². The summed E-state index contributed by atoms with van der Waals surface area (Å²) in [6.07, 6.45) is 4.60. The maximum absolute atomic E-state index is 12.0. The molecule has 0 aliphatic rings. The van der Waals surface area contributed by atoms with Crippen LogP contribution in [-0.4, -0.2) is 29.1 Å². The molecule has 0 aromatic carbocycles. The first-order valence-corrected chi connectivity index (χ1v) is 5.90. The van der Waals surface area contributed by atoms with Gasteiger partial charge in [0.05, 0.1) is 6.20 Å². The van der Waals surface area contributed by atoms with Gasteiger partial charge in [0.25, 0.3) is 0 Å². The predicted octanol–water partition coefficient (Wildman–Crippen LogP) is 0.691. The second-order valence-corrected chi connectivity index (χ2v) is 4.38. The van der Waals surface area contributed by atoms with Crippen molar-refractivity contribution >= 4 is 17.2 Å². The highest BCUT2D eigenvalue weighted by molar-refractivity contribution is 6.29. The Balaban J connectivity index is 2.06. The van der Waals surface area contributed by atoms with E-state index in [0.717, 1.165) is 5.69 Å². The van der Waals surface area contributed by atoms with Crippen molar-refractivity contribution in [2.75, 3.05) is 0 Å². The lowest BCUT2D eigenvalue weighted by molar-refractivity contribution is 0.629. The zero-order chi connectivity index (χ0) is 13.4. The number of rotatable bonds is 2. The molecule has 0 saturated heterocycles. The molecule has 0 aliphatic heterocycles. The quantitative estimate of drug-likeness (QED) is 0.644. The van der Waals surface area contributed by atoms with E-state index < -0.39 is 0 Å². The van der Waals surface area contributed by atoms with E-state index in [0.29, 0.717) is 16.6 Å². The summed E-state index contributed by atoms with van der Waals surface area (Å²) in [5.74, 6) is 0.448. The van der Waals surface area contributed by atoms with E-state index in [1.165, 1.54) is 21.5 Å². The lowest BCUT2D eigenvalue weighted by Crippen LogP contribution is -2.22. The van der Waals surface area contributed by atoms with Gasteiger partial charge in [0, 0.05) is 18.1 Å². The van der Waals surface area contributed by atoms with Crippen molar-refractivity contribution < 1.29 is 0 Å². The number of aryl methyl sites for hydroxylation is 1. The fraction of sp³-hybridized carbons (Fsp3) is 0.182. The highest BCUT2D eigenvalue weighted by atomic mass is 35.5. The molecule has 3 heterocycles. The third-order valence-electron chi connectivity index (χ3n) is 2.55. The molecule has 0 fully saturated rings. The van der Waals surface area contributed by atoms with Crippen molar-refractivity contribution in [1.29, 1.82) is 0 Å². The molecular weight excluding hydrogens is 268 g/mol.